The number of rotatable bonds is 6. The third kappa shape index (κ3) is 4.81. The van der Waals surface area contributed by atoms with Gasteiger partial charge in [0.2, 0.25) is 5.91 Å². The van der Waals surface area contributed by atoms with E-state index in [2.05, 4.69) is 15.6 Å². The molecular weight excluding hydrogens is 402 g/mol. The molecule has 0 aliphatic heterocycles. The molecule has 3 N–H and O–H groups in total. The van der Waals surface area contributed by atoms with Crippen molar-refractivity contribution in [2.75, 3.05) is 5.32 Å². The lowest BCUT2D eigenvalue weighted by Gasteiger charge is -2.19. The zero-order valence-corrected chi connectivity index (χ0v) is 18.0. The van der Waals surface area contributed by atoms with Crippen LogP contribution in [0.2, 0.25) is 0 Å². The van der Waals surface area contributed by atoms with Crippen LogP contribution in [-0.4, -0.2) is 23.0 Å². The fourth-order valence-electron chi connectivity index (χ4n) is 3.60. The largest absolute Gasteiger partial charge is 0.413 e. The molecule has 0 saturated carbocycles. The average molecular weight is 428 g/mol. The number of aryl methyl sites for hydroxylation is 1. The van der Waals surface area contributed by atoms with Crippen LogP contribution in [0.4, 0.5) is 10.5 Å². The van der Waals surface area contributed by atoms with Crippen LogP contribution in [0.1, 0.15) is 16.7 Å². The van der Waals surface area contributed by atoms with Crippen LogP contribution in [0.25, 0.3) is 10.9 Å². The first-order valence-electron chi connectivity index (χ1n) is 10.5. The van der Waals surface area contributed by atoms with Crippen molar-refractivity contribution in [2.24, 2.45) is 0 Å². The number of amides is 2. The summed E-state index contributed by atoms with van der Waals surface area (Å²) in [5, 5.41) is 6.71. The Morgan fingerprint density at radius 3 is 2.50 bits per heavy atom. The van der Waals surface area contributed by atoms with Crippen LogP contribution < -0.4 is 15.4 Å². The Hall–Kier alpha value is -4.06. The van der Waals surface area contributed by atoms with Crippen molar-refractivity contribution >= 4 is 28.6 Å². The maximum absolute atomic E-state index is 13.2. The van der Waals surface area contributed by atoms with Crippen LogP contribution in [0.15, 0.2) is 79.0 Å². The maximum atomic E-state index is 13.2. The van der Waals surface area contributed by atoms with Crippen molar-refractivity contribution in [1.29, 1.82) is 0 Å². The van der Waals surface area contributed by atoms with E-state index < -0.39 is 12.1 Å². The summed E-state index contributed by atoms with van der Waals surface area (Å²) >= 11 is 0. The van der Waals surface area contributed by atoms with Gasteiger partial charge >= 0.3 is 6.09 Å². The minimum atomic E-state index is -0.828. The summed E-state index contributed by atoms with van der Waals surface area (Å²) in [6, 6.07) is 21.5. The molecule has 3 aromatic carbocycles. The zero-order valence-electron chi connectivity index (χ0n) is 18.0. The molecule has 4 rings (SSSR count). The van der Waals surface area contributed by atoms with Crippen LogP contribution in [0, 0.1) is 13.8 Å². The molecule has 0 fully saturated rings. The van der Waals surface area contributed by atoms with Crippen molar-refractivity contribution in [1.82, 2.24) is 10.3 Å². The first-order chi connectivity index (χ1) is 15.5. The van der Waals surface area contributed by atoms with E-state index in [4.69, 9.17) is 4.74 Å². The van der Waals surface area contributed by atoms with Gasteiger partial charge in [-0.15, -0.1) is 0 Å². The topological polar surface area (TPSA) is 83.2 Å². The number of carbonyl (C=O) groups excluding carboxylic acids is 2. The highest BCUT2D eigenvalue weighted by atomic mass is 16.6. The smallest absolute Gasteiger partial charge is 0.410 e. The lowest BCUT2D eigenvalue weighted by atomic mass is 10.0. The van der Waals surface area contributed by atoms with Gasteiger partial charge < -0.3 is 20.4 Å². The van der Waals surface area contributed by atoms with Gasteiger partial charge in [0.05, 0.1) is 0 Å². The van der Waals surface area contributed by atoms with Crippen LogP contribution in [0.5, 0.6) is 5.75 Å². The van der Waals surface area contributed by atoms with Gasteiger partial charge in [-0.05, 0) is 54.8 Å². The molecule has 4 aromatic rings. The summed E-state index contributed by atoms with van der Waals surface area (Å²) in [6.45, 7) is 3.95. The van der Waals surface area contributed by atoms with E-state index in [9.17, 15) is 9.59 Å². The number of para-hydroxylation sites is 2. The van der Waals surface area contributed by atoms with Gasteiger partial charge in [-0.1, -0.05) is 48.5 Å². The number of hydrogen-bond acceptors (Lipinski definition) is 3. The predicted molar refractivity (Wildman–Crippen MR) is 126 cm³/mol. The number of aromatic amines is 1. The van der Waals surface area contributed by atoms with E-state index in [1.54, 1.807) is 24.3 Å². The molecular formula is C26H25N3O3. The van der Waals surface area contributed by atoms with Crippen molar-refractivity contribution in [3.8, 4) is 5.75 Å². The minimum Gasteiger partial charge on any atom is -0.410 e. The van der Waals surface area contributed by atoms with Crippen LogP contribution >= 0.6 is 0 Å². The zero-order chi connectivity index (χ0) is 22.5. The molecule has 6 nitrogen and oxygen atoms in total. The highest BCUT2D eigenvalue weighted by Gasteiger charge is 2.24. The lowest BCUT2D eigenvalue weighted by Crippen LogP contribution is -2.46. The van der Waals surface area contributed by atoms with Crippen LogP contribution in [-0.2, 0) is 11.2 Å². The fourth-order valence-corrected chi connectivity index (χ4v) is 3.60. The third-order valence-electron chi connectivity index (χ3n) is 5.52. The Morgan fingerprint density at radius 2 is 1.69 bits per heavy atom. The SMILES string of the molecule is Cc1cccc(NC(=O)[C@H](Cc2c[nH]c3ccccc23)NC(=O)Oc2ccccc2)c1C. The third-order valence-corrected chi connectivity index (χ3v) is 5.52. The van der Waals surface area contributed by atoms with Gasteiger partial charge in [0.25, 0.3) is 0 Å². The summed E-state index contributed by atoms with van der Waals surface area (Å²) in [5.41, 5.74) is 4.69. The summed E-state index contributed by atoms with van der Waals surface area (Å²) in [7, 11) is 0. The van der Waals surface area contributed by atoms with Gasteiger partial charge in [0.1, 0.15) is 11.8 Å². The number of benzene rings is 3. The number of ether oxygens (including phenoxy) is 1. The molecule has 1 heterocycles. The van der Waals surface area contributed by atoms with E-state index in [-0.39, 0.29) is 5.91 Å². The van der Waals surface area contributed by atoms with Crippen molar-refractivity contribution in [3.05, 3.63) is 95.7 Å². The van der Waals surface area contributed by atoms with Crippen molar-refractivity contribution in [3.63, 3.8) is 0 Å². The van der Waals surface area contributed by atoms with E-state index in [1.165, 1.54) is 0 Å². The number of H-pyrrole nitrogens is 1. The van der Waals surface area contributed by atoms with Gasteiger partial charge in [-0.3, -0.25) is 4.79 Å². The van der Waals surface area contributed by atoms with E-state index in [0.29, 0.717) is 12.2 Å². The number of hydrogen-bond donors (Lipinski definition) is 3. The maximum Gasteiger partial charge on any atom is 0.413 e. The van der Waals surface area contributed by atoms with E-state index in [1.807, 2.05) is 68.6 Å². The minimum absolute atomic E-state index is 0.310. The normalized spacial score (nSPS) is 11.7. The highest BCUT2D eigenvalue weighted by molar-refractivity contribution is 5.98. The molecule has 1 aromatic heterocycles. The molecule has 1 atom stereocenters. The molecule has 0 aliphatic rings. The first-order valence-corrected chi connectivity index (χ1v) is 10.5. The summed E-state index contributed by atoms with van der Waals surface area (Å²) in [6.07, 6.45) is 1.50. The van der Waals surface area contributed by atoms with Crippen LogP contribution in [0.3, 0.4) is 0 Å². The van der Waals surface area contributed by atoms with Gasteiger partial charge in [-0.25, -0.2) is 4.79 Å². The highest BCUT2D eigenvalue weighted by Crippen LogP contribution is 2.21. The number of nitrogens with one attached hydrogen (secondary N) is 3. The molecule has 0 radical (unpaired) electrons. The molecule has 0 saturated heterocycles. The second-order valence-electron chi connectivity index (χ2n) is 7.70. The van der Waals surface area contributed by atoms with Crippen molar-refractivity contribution in [2.45, 2.75) is 26.3 Å². The second kappa shape index (κ2) is 9.39. The molecule has 32 heavy (non-hydrogen) atoms. The van der Waals surface area contributed by atoms with Crippen molar-refractivity contribution < 1.29 is 14.3 Å². The second-order valence-corrected chi connectivity index (χ2v) is 7.70. The standard InChI is InChI=1S/C26H25N3O3/c1-17-9-8-14-22(18(17)2)28-25(30)24(29-26(31)32-20-10-4-3-5-11-20)15-19-16-27-23-13-7-6-12-21(19)23/h3-14,16,24,27H,15H2,1-2H3,(H,28,30)(H,29,31)/t24-/m0/s1. The first kappa shape index (κ1) is 21.2. The molecule has 0 aliphatic carbocycles. The fraction of sp³-hybridized carbons (Fsp3) is 0.154. The monoisotopic (exact) mass is 427 g/mol. The predicted octanol–water partition coefficient (Wildman–Crippen LogP) is 5.12. The van der Waals surface area contributed by atoms with E-state index >= 15 is 0 Å². The molecule has 2 amide bonds. The summed E-state index contributed by atoms with van der Waals surface area (Å²) in [5.74, 6) is 0.0970. The number of carbonyl (C=O) groups is 2. The molecule has 6 heteroatoms. The molecule has 0 bridgehead atoms. The Morgan fingerprint density at radius 1 is 0.938 bits per heavy atom. The molecule has 0 spiro atoms. The Balaban J connectivity index is 1.57. The van der Waals surface area contributed by atoms with Gasteiger partial charge in [0, 0.05) is 29.2 Å². The quantitative estimate of drug-likeness (QED) is 0.399. The number of aromatic nitrogens is 1. The van der Waals surface area contributed by atoms with Gasteiger partial charge in [0.15, 0.2) is 0 Å². The Labute approximate surface area is 186 Å². The Kier molecular flexibility index (Phi) is 6.22. The number of fused-ring (bicyclic) bond motifs is 1. The average Bonchev–Trinajstić information content (AvgIpc) is 3.20. The molecule has 0 unspecified atom stereocenters. The van der Waals surface area contributed by atoms with E-state index in [0.717, 1.165) is 33.3 Å². The number of anilines is 1. The van der Waals surface area contributed by atoms with Gasteiger partial charge in [-0.2, -0.15) is 0 Å². The summed E-state index contributed by atoms with van der Waals surface area (Å²) in [4.78, 5) is 29.0. The Bertz CT molecular complexity index is 1250. The summed E-state index contributed by atoms with van der Waals surface area (Å²) < 4.78 is 5.36. The molecule has 162 valence electrons. The lowest BCUT2D eigenvalue weighted by molar-refractivity contribution is -0.118.